The average molecular weight is 310 g/mol. The number of rotatable bonds is 3. The van der Waals surface area contributed by atoms with Gasteiger partial charge in [-0.25, -0.2) is 16.8 Å². The monoisotopic (exact) mass is 310 g/mol. The predicted octanol–water partition coefficient (Wildman–Crippen LogP) is -5.86. The molecule has 8 nitrogen and oxygen atoms in total. The van der Waals surface area contributed by atoms with E-state index in [2.05, 4.69) is 9.63 Å². The summed E-state index contributed by atoms with van der Waals surface area (Å²) in [6, 6.07) is 3.93. The number of hydrogen-bond acceptors (Lipinski definition) is 7. The van der Waals surface area contributed by atoms with Crippen LogP contribution in [0.1, 0.15) is 0 Å². The Hall–Kier alpha value is 0.640. The zero-order valence-electron chi connectivity index (χ0n) is 9.47. The minimum Gasteiger partial charge on any atom is -0.744 e. The molecular weight excluding hydrogens is 306 g/mol. The first kappa shape index (κ1) is 20.9. The van der Waals surface area contributed by atoms with Crippen LogP contribution in [0.5, 0.6) is 0 Å². The second-order valence-corrected chi connectivity index (χ2v) is 4.96. The zero-order valence-corrected chi connectivity index (χ0v) is 15.1. The summed E-state index contributed by atoms with van der Waals surface area (Å²) in [4.78, 5) is -0.489. The number of nitrogens with zero attached hydrogens (tertiary/aromatic N) is 2. The molecule has 0 spiro atoms. The fourth-order valence-electron chi connectivity index (χ4n) is 0.777. The third-order valence-electron chi connectivity index (χ3n) is 1.38. The van der Waals surface area contributed by atoms with Crippen molar-refractivity contribution < 1.29 is 85.1 Å². The van der Waals surface area contributed by atoms with Gasteiger partial charge in [0.15, 0.2) is 0 Å². The summed E-state index contributed by atoms with van der Waals surface area (Å²) < 4.78 is 64.2. The molecule has 12 heteroatoms. The van der Waals surface area contributed by atoms with Gasteiger partial charge in [-0.3, -0.25) is 0 Å². The summed E-state index contributed by atoms with van der Waals surface area (Å²) >= 11 is 0. The largest absolute Gasteiger partial charge is 1.00 e. The van der Waals surface area contributed by atoms with Crippen LogP contribution in [0.3, 0.4) is 0 Å². The van der Waals surface area contributed by atoms with E-state index in [1.807, 2.05) is 0 Å². The third-order valence-corrected chi connectivity index (χ3v) is 2.51. The van der Waals surface area contributed by atoms with Gasteiger partial charge in [-0.2, -0.15) is 0 Å². The molecule has 0 heterocycles. The molecule has 0 radical (unpaired) electrons. The van der Waals surface area contributed by atoms with Crippen LogP contribution in [-0.4, -0.2) is 25.9 Å². The van der Waals surface area contributed by atoms with E-state index in [1.165, 1.54) is 0 Å². The van der Waals surface area contributed by atoms with Gasteiger partial charge in [0, 0.05) is 0 Å². The predicted molar refractivity (Wildman–Crippen MR) is 48.6 cm³/mol. The Morgan fingerprint density at radius 2 is 1.33 bits per heavy atom. The molecule has 18 heavy (non-hydrogen) atoms. The second kappa shape index (κ2) is 8.04. The van der Waals surface area contributed by atoms with Gasteiger partial charge in [-0.05, 0) is 24.3 Å². The summed E-state index contributed by atoms with van der Waals surface area (Å²) in [6.45, 7) is 0. The van der Waals surface area contributed by atoms with Crippen molar-refractivity contribution >= 4 is 26.1 Å². The van der Waals surface area contributed by atoms with Crippen LogP contribution >= 0.6 is 0 Å². The number of hydrogen-bond donors (Lipinski definition) is 0. The van der Waals surface area contributed by atoms with Crippen molar-refractivity contribution in [3.63, 3.8) is 0 Å². The van der Waals surface area contributed by atoms with Gasteiger partial charge in [-0.15, -0.1) is 5.11 Å². The summed E-state index contributed by atoms with van der Waals surface area (Å²) in [7, 11) is -9.40. The van der Waals surface area contributed by atoms with Crippen molar-refractivity contribution in [2.75, 3.05) is 0 Å². The fourth-order valence-corrected chi connectivity index (χ4v) is 1.44. The average Bonchev–Trinajstić information content (AvgIpc) is 2.13. The van der Waals surface area contributed by atoms with E-state index in [0.29, 0.717) is 0 Å². The van der Waals surface area contributed by atoms with Crippen molar-refractivity contribution in [2.24, 2.45) is 9.63 Å². The molecule has 0 aliphatic rings. The molecule has 0 unspecified atom stereocenters. The fraction of sp³-hybridized carbons (Fsp3) is 0. The Kier molecular flexibility index (Phi) is 9.36. The Labute approximate surface area is 148 Å². The van der Waals surface area contributed by atoms with Gasteiger partial charge in [0.25, 0.3) is 0 Å². The molecule has 1 aromatic rings. The smallest absolute Gasteiger partial charge is 0.744 e. The first-order chi connectivity index (χ1) is 7.18. The van der Waals surface area contributed by atoms with Crippen molar-refractivity contribution in [1.29, 1.82) is 0 Å². The minimum atomic E-state index is -4.83. The summed E-state index contributed by atoms with van der Waals surface area (Å²) in [6.07, 6.45) is 0. The molecule has 0 aliphatic heterocycles. The maximum atomic E-state index is 10.5. The molecule has 0 saturated carbocycles. The van der Waals surface area contributed by atoms with Crippen LogP contribution in [0, 0.1) is 0 Å². The van der Waals surface area contributed by atoms with E-state index in [9.17, 15) is 25.9 Å². The molecule has 0 atom stereocenters. The molecule has 0 N–H and O–H groups in total. The van der Waals surface area contributed by atoms with Crippen LogP contribution in [-0.2, 0) is 20.4 Å². The van der Waals surface area contributed by atoms with Gasteiger partial charge in [0.1, 0.15) is 10.1 Å². The standard InChI is InChI=1S/C6H6N2O6S2.2Na/c9-15(10,11)6-3-1-5(2-4-6)7-8-16(12,13)14;;/h1-4H,(H,9,10,11)(H,12,13,14);;/q;2*+1/p-2. The molecule has 0 bridgehead atoms. The van der Waals surface area contributed by atoms with Crippen LogP contribution < -0.4 is 59.1 Å². The van der Waals surface area contributed by atoms with Crippen LogP contribution in [0.25, 0.3) is 0 Å². The van der Waals surface area contributed by atoms with Crippen LogP contribution in [0.4, 0.5) is 5.69 Å². The van der Waals surface area contributed by atoms with E-state index < -0.39 is 25.3 Å². The van der Waals surface area contributed by atoms with Gasteiger partial charge < -0.3 is 9.11 Å². The van der Waals surface area contributed by atoms with Crippen LogP contribution in [0.15, 0.2) is 38.8 Å². The van der Waals surface area contributed by atoms with E-state index in [1.54, 1.807) is 0 Å². The van der Waals surface area contributed by atoms with Gasteiger partial charge in [0.2, 0.25) is 10.3 Å². The molecule has 1 rings (SSSR count). The van der Waals surface area contributed by atoms with Gasteiger partial charge in [-0.1, -0.05) is 4.52 Å². The summed E-state index contributed by atoms with van der Waals surface area (Å²) in [5.41, 5.74) is -0.0631. The minimum absolute atomic E-state index is 0. The Morgan fingerprint density at radius 3 is 1.67 bits per heavy atom. The molecule has 1 aromatic carbocycles. The van der Waals surface area contributed by atoms with Crippen LogP contribution in [0.2, 0.25) is 0 Å². The maximum absolute atomic E-state index is 10.5. The zero-order chi connectivity index (χ0) is 12.4. The van der Waals surface area contributed by atoms with E-state index in [-0.39, 0.29) is 64.8 Å². The normalized spacial score (nSPS) is 11.7. The molecule has 0 aliphatic carbocycles. The Bertz CT molecular complexity index is 610. The van der Waals surface area contributed by atoms with E-state index >= 15 is 0 Å². The maximum Gasteiger partial charge on any atom is 1.00 e. The first-order valence-corrected chi connectivity index (χ1v) is 6.41. The molecule has 0 aromatic heterocycles. The van der Waals surface area contributed by atoms with Gasteiger partial charge >= 0.3 is 59.1 Å². The molecule has 0 saturated heterocycles. The molecule has 88 valence electrons. The summed E-state index contributed by atoms with van der Waals surface area (Å²) in [5.74, 6) is 0. The molecular formula is C6H4N2Na2O6S2. The Balaban J connectivity index is 0. The topological polar surface area (TPSA) is 139 Å². The summed E-state index contributed by atoms with van der Waals surface area (Å²) in [5, 5.41) is 3.03. The SMILES string of the molecule is O=S(=O)([O-])N=Nc1ccc(S(=O)(=O)[O-])cc1.[Na+].[Na+]. The van der Waals surface area contributed by atoms with Crippen molar-refractivity contribution in [2.45, 2.75) is 4.90 Å². The van der Waals surface area contributed by atoms with Crippen molar-refractivity contribution in [3.8, 4) is 0 Å². The Morgan fingerprint density at radius 1 is 0.889 bits per heavy atom. The quantitative estimate of drug-likeness (QED) is 0.309. The van der Waals surface area contributed by atoms with Crippen molar-refractivity contribution in [1.82, 2.24) is 0 Å². The van der Waals surface area contributed by atoms with E-state index in [4.69, 9.17) is 0 Å². The van der Waals surface area contributed by atoms with E-state index in [0.717, 1.165) is 24.3 Å². The third kappa shape index (κ3) is 7.94. The second-order valence-electron chi connectivity index (χ2n) is 2.56. The molecule has 0 amide bonds. The van der Waals surface area contributed by atoms with Gasteiger partial charge in [0.05, 0.1) is 10.6 Å². The number of benzene rings is 1. The first-order valence-electron chi connectivity index (χ1n) is 3.63. The molecule has 0 fully saturated rings. The van der Waals surface area contributed by atoms with Crippen molar-refractivity contribution in [3.05, 3.63) is 24.3 Å².